The Hall–Kier alpha value is -5.56. The van der Waals surface area contributed by atoms with Crippen molar-refractivity contribution in [3.63, 3.8) is 0 Å². The van der Waals surface area contributed by atoms with E-state index in [4.69, 9.17) is 11.5 Å². The van der Waals surface area contributed by atoms with E-state index in [9.17, 15) is 9.59 Å². The average molecular weight is 563 g/mol. The number of benzene rings is 2. The Labute approximate surface area is 244 Å². The molecule has 5 rings (SSSR count). The number of nitrogens with two attached hydrogens (primary N) is 2. The van der Waals surface area contributed by atoms with Gasteiger partial charge in [-0.25, -0.2) is 0 Å². The first-order chi connectivity index (χ1) is 20.2. The number of aromatic nitrogens is 5. The number of fused-ring (bicyclic) bond motifs is 1. The number of nitrogens with zero attached hydrogens (tertiary/aromatic N) is 5. The van der Waals surface area contributed by atoms with Crippen LogP contribution in [0.2, 0.25) is 0 Å². The van der Waals surface area contributed by atoms with E-state index in [-0.39, 0.29) is 16.9 Å². The second kappa shape index (κ2) is 13.2. The molecule has 10 nitrogen and oxygen atoms in total. The number of amides is 1. The minimum atomic E-state index is -0.595. The number of nitrogen functional groups attached to an aromatic ring is 1. The first-order valence-electron chi connectivity index (χ1n) is 13.5. The van der Waals surface area contributed by atoms with Gasteiger partial charge >= 0.3 is 0 Å². The molecule has 5 N–H and O–H groups in total. The van der Waals surface area contributed by atoms with E-state index in [0.29, 0.717) is 17.7 Å². The van der Waals surface area contributed by atoms with Crippen LogP contribution in [0.15, 0.2) is 84.4 Å². The van der Waals surface area contributed by atoms with Gasteiger partial charge in [0.15, 0.2) is 5.82 Å². The van der Waals surface area contributed by atoms with E-state index in [1.165, 1.54) is 4.68 Å². The summed E-state index contributed by atoms with van der Waals surface area (Å²) in [5, 5.41) is 12.5. The van der Waals surface area contributed by atoms with Crippen molar-refractivity contribution in [3.05, 3.63) is 112 Å². The zero-order valence-electron chi connectivity index (χ0n) is 24.0. The molecule has 0 bridgehead atoms. The van der Waals surface area contributed by atoms with Gasteiger partial charge in [0.1, 0.15) is 11.4 Å². The van der Waals surface area contributed by atoms with Crippen LogP contribution in [-0.4, -0.2) is 36.6 Å². The van der Waals surface area contributed by atoms with Crippen molar-refractivity contribution in [2.24, 2.45) is 19.8 Å². The predicted octanol–water partition coefficient (Wildman–Crippen LogP) is 3.78. The molecule has 5 aromatic rings. The van der Waals surface area contributed by atoms with Crippen LogP contribution in [0.25, 0.3) is 16.5 Å². The van der Waals surface area contributed by atoms with Crippen LogP contribution >= 0.6 is 0 Å². The molecule has 0 unspecified atom stereocenters. The van der Waals surface area contributed by atoms with Gasteiger partial charge in [0.05, 0.1) is 17.1 Å². The lowest BCUT2D eigenvalue weighted by Crippen LogP contribution is -2.22. The molecule has 1 amide bonds. The molecule has 2 aromatic carbocycles. The molecule has 0 spiro atoms. The molecule has 0 saturated carbocycles. The lowest BCUT2D eigenvalue weighted by molar-refractivity contribution is 0.100. The van der Waals surface area contributed by atoms with Crippen molar-refractivity contribution in [1.82, 2.24) is 24.1 Å². The maximum absolute atomic E-state index is 13.5. The number of pyridine rings is 1. The zero-order chi connectivity index (χ0) is 30.2. The van der Waals surface area contributed by atoms with Gasteiger partial charge in [-0.2, -0.15) is 10.2 Å². The van der Waals surface area contributed by atoms with Crippen molar-refractivity contribution >= 4 is 28.3 Å². The minimum absolute atomic E-state index is 0.0248. The molecule has 0 fully saturated rings. The smallest absolute Gasteiger partial charge is 0.264 e. The lowest BCUT2D eigenvalue weighted by atomic mass is 10.0. The van der Waals surface area contributed by atoms with Gasteiger partial charge in [0, 0.05) is 43.8 Å². The molecule has 0 atom stereocenters. The van der Waals surface area contributed by atoms with Gasteiger partial charge in [-0.3, -0.25) is 23.5 Å². The van der Waals surface area contributed by atoms with Gasteiger partial charge < -0.3 is 16.8 Å². The second-order valence-electron chi connectivity index (χ2n) is 9.55. The van der Waals surface area contributed by atoms with E-state index >= 15 is 0 Å². The van der Waals surface area contributed by atoms with Crippen molar-refractivity contribution in [2.75, 3.05) is 17.6 Å². The molecule has 10 heteroatoms. The van der Waals surface area contributed by atoms with Gasteiger partial charge in [0.2, 0.25) is 0 Å². The first-order valence-corrected chi connectivity index (χ1v) is 13.5. The Kier molecular flexibility index (Phi) is 9.24. The molecule has 0 aliphatic carbocycles. The summed E-state index contributed by atoms with van der Waals surface area (Å²) in [6, 6.07) is 17.8. The molecule has 0 saturated heterocycles. The summed E-state index contributed by atoms with van der Waals surface area (Å²) in [6.07, 6.45) is 7.05. The van der Waals surface area contributed by atoms with E-state index < -0.39 is 5.91 Å². The van der Waals surface area contributed by atoms with Gasteiger partial charge in [-0.05, 0) is 36.1 Å². The molecule has 42 heavy (non-hydrogen) atoms. The van der Waals surface area contributed by atoms with Crippen LogP contribution in [0.5, 0.6) is 0 Å². The topological polar surface area (TPSA) is 139 Å². The molecule has 0 aliphatic rings. The van der Waals surface area contributed by atoms with E-state index in [2.05, 4.69) is 46.9 Å². The molecule has 3 aromatic heterocycles. The first kappa shape index (κ1) is 29.4. The third-order valence-corrected chi connectivity index (χ3v) is 6.42. The highest BCUT2D eigenvalue weighted by atomic mass is 16.1. The van der Waals surface area contributed by atoms with Crippen molar-refractivity contribution in [1.29, 1.82) is 0 Å². The van der Waals surface area contributed by atoms with Crippen LogP contribution in [0.3, 0.4) is 0 Å². The third kappa shape index (κ3) is 6.42. The summed E-state index contributed by atoms with van der Waals surface area (Å²) in [4.78, 5) is 24.6. The quantitative estimate of drug-likeness (QED) is 0.204. The fourth-order valence-electron chi connectivity index (χ4n) is 4.60. The summed E-state index contributed by atoms with van der Waals surface area (Å²) >= 11 is 0. The Bertz CT molecular complexity index is 1850. The minimum Gasteiger partial charge on any atom is -0.381 e. The number of carbonyl (C=O) groups is 1. The Morgan fingerprint density at radius 2 is 1.88 bits per heavy atom. The average Bonchev–Trinajstić information content (AvgIpc) is 3.52. The second-order valence-corrected chi connectivity index (χ2v) is 9.55. The maximum Gasteiger partial charge on any atom is 0.264 e. The fraction of sp³-hybridized carbons (Fsp3) is 0.188. The van der Waals surface area contributed by atoms with Gasteiger partial charge in [0.25, 0.3) is 11.5 Å². The molecule has 3 heterocycles. The number of nitrogens with one attached hydrogen (secondary N) is 1. The largest absolute Gasteiger partial charge is 0.381 e. The Morgan fingerprint density at radius 3 is 2.52 bits per heavy atom. The molecular weight excluding hydrogens is 528 g/mol. The molecule has 0 aliphatic heterocycles. The fourth-order valence-corrected chi connectivity index (χ4v) is 4.60. The normalized spacial score (nSPS) is 10.4. The maximum atomic E-state index is 13.5. The number of hydrogen-bond donors (Lipinski definition) is 3. The van der Waals surface area contributed by atoms with Crippen molar-refractivity contribution in [2.45, 2.75) is 19.8 Å². The number of primary amides is 1. The standard InChI is InChI=1S/C24H21N3O.C8H13N5O/c1-3-8-22-15-20-10-7-9-19(14-13-18-16-25-26(2)17-18)23(20)24(28)27(22)21-11-5-4-6-12-21;1-3-4-11-8-5(7(10)14)6(9)12-13(8)2/h4-7,9-12,15-17H,3,8H2,1-2H3;3,11H,1,4H2,2H3,(H2,9,12)(H2,10,14). The summed E-state index contributed by atoms with van der Waals surface area (Å²) < 4.78 is 5.01. The summed E-state index contributed by atoms with van der Waals surface area (Å²) in [7, 11) is 3.53. The number of para-hydroxylation sites is 1. The zero-order valence-corrected chi connectivity index (χ0v) is 24.0. The summed E-state index contributed by atoms with van der Waals surface area (Å²) in [6.45, 7) is 6.19. The van der Waals surface area contributed by atoms with Crippen molar-refractivity contribution in [3.8, 4) is 17.5 Å². The van der Waals surface area contributed by atoms with E-state index in [0.717, 1.165) is 40.7 Å². The molecular formula is C32H34N8O2. The third-order valence-electron chi connectivity index (χ3n) is 6.42. The Balaban J connectivity index is 0.000000244. The highest BCUT2D eigenvalue weighted by molar-refractivity contribution is 6.02. The van der Waals surface area contributed by atoms with Crippen molar-refractivity contribution < 1.29 is 4.79 Å². The number of anilines is 2. The molecule has 214 valence electrons. The Morgan fingerprint density at radius 1 is 1.12 bits per heavy atom. The van der Waals surface area contributed by atoms with Crippen LogP contribution in [0.1, 0.15) is 40.5 Å². The number of rotatable bonds is 7. The number of carbonyl (C=O) groups excluding carboxylic acids is 1. The van der Waals surface area contributed by atoms with Crippen LogP contribution < -0.4 is 22.3 Å². The van der Waals surface area contributed by atoms with Crippen LogP contribution in [0, 0.1) is 11.8 Å². The summed E-state index contributed by atoms with van der Waals surface area (Å²) in [5.74, 6) is 6.34. The van der Waals surface area contributed by atoms with Crippen LogP contribution in [0.4, 0.5) is 11.6 Å². The highest BCUT2D eigenvalue weighted by Gasteiger charge is 2.18. The predicted molar refractivity (Wildman–Crippen MR) is 168 cm³/mol. The van der Waals surface area contributed by atoms with E-state index in [1.807, 2.05) is 66.3 Å². The monoisotopic (exact) mass is 562 g/mol. The number of aryl methyl sites for hydroxylation is 3. The van der Waals surface area contributed by atoms with Gasteiger partial charge in [-0.1, -0.05) is 61.6 Å². The summed E-state index contributed by atoms with van der Waals surface area (Å²) in [5.41, 5.74) is 14.3. The highest BCUT2D eigenvalue weighted by Crippen LogP contribution is 2.21. The van der Waals surface area contributed by atoms with Gasteiger partial charge in [-0.15, -0.1) is 6.58 Å². The van der Waals surface area contributed by atoms with Crippen LogP contribution in [-0.2, 0) is 20.5 Å². The van der Waals surface area contributed by atoms with E-state index in [1.54, 1.807) is 24.0 Å². The number of hydrogen-bond acceptors (Lipinski definition) is 6. The SMILES string of the molecule is C=CCNc1c(C(N)=O)c(N)nn1C.CCCc1cc2cccc(C#Cc3cnn(C)c3)c2c(=O)n1-c1ccccc1. The lowest BCUT2D eigenvalue weighted by Gasteiger charge is -2.15. The molecule has 0 radical (unpaired) electrons.